The van der Waals surface area contributed by atoms with Gasteiger partial charge in [0, 0.05) is 5.39 Å². The van der Waals surface area contributed by atoms with Crippen molar-refractivity contribution in [3.05, 3.63) is 47.8 Å². The summed E-state index contributed by atoms with van der Waals surface area (Å²) in [5.41, 5.74) is 1.08. The minimum absolute atomic E-state index is 0.116. The van der Waals surface area contributed by atoms with E-state index in [1.165, 1.54) is 6.07 Å². The van der Waals surface area contributed by atoms with Gasteiger partial charge >= 0.3 is 0 Å². The Balaban J connectivity index is 2.87. The molecule has 2 aromatic carbocycles. The van der Waals surface area contributed by atoms with E-state index in [0.717, 1.165) is 22.8 Å². The third-order valence-corrected chi connectivity index (χ3v) is 2.32. The average molecular weight is 174 g/mol. The molecule has 0 radical (unpaired) electrons. The molecule has 0 heterocycles. The second-order valence-corrected chi connectivity index (χ2v) is 3.11. The summed E-state index contributed by atoms with van der Waals surface area (Å²) in [5.74, 6) is -0.116. The fraction of sp³-hybridized carbons (Fsp3) is 0.167. The quantitative estimate of drug-likeness (QED) is 0.620. The van der Waals surface area contributed by atoms with E-state index in [4.69, 9.17) is 0 Å². The van der Waals surface area contributed by atoms with Crippen LogP contribution in [0.5, 0.6) is 0 Å². The maximum atomic E-state index is 13.4. The van der Waals surface area contributed by atoms with Crippen molar-refractivity contribution in [2.45, 2.75) is 13.3 Å². The predicted molar refractivity (Wildman–Crippen MR) is 53.3 cm³/mol. The molecule has 0 spiro atoms. The van der Waals surface area contributed by atoms with Crippen molar-refractivity contribution in [2.24, 2.45) is 0 Å². The van der Waals surface area contributed by atoms with Crippen molar-refractivity contribution in [2.75, 3.05) is 0 Å². The van der Waals surface area contributed by atoms with Crippen LogP contribution in [0.4, 0.5) is 4.39 Å². The van der Waals surface area contributed by atoms with E-state index >= 15 is 0 Å². The van der Waals surface area contributed by atoms with E-state index in [0.29, 0.717) is 0 Å². The molecule has 0 bridgehead atoms. The molecule has 0 amide bonds. The number of benzene rings is 2. The summed E-state index contributed by atoms with van der Waals surface area (Å²) in [7, 11) is 0. The van der Waals surface area contributed by atoms with Gasteiger partial charge in [0.25, 0.3) is 0 Å². The van der Waals surface area contributed by atoms with Gasteiger partial charge < -0.3 is 0 Å². The zero-order valence-electron chi connectivity index (χ0n) is 7.55. The monoisotopic (exact) mass is 174 g/mol. The molecular weight excluding hydrogens is 163 g/mol. The molecule has 0 saturated heterocycles. The van der Waals surface area contributed by atoms with Crippen LogP contribution in [0.25, 0.3) is 10.8 Å². The van der Waals surface area contributed by atoms with Crippen LogP contribution in [-0.4, -0.2) is 0 Å². The lowest BCUT2D eigenvalue weighted by Crippen LogP contribution is -1.86. The first-order valence-electron chi connectivity index (χ1n) is 4.49. The third kappa shape index (κ3) is 1.31. The van der Waals surface area contributed by atoms with Gasteiger partial charge in [0.05, 0.1) is 0 Å². The van der Waals surface area contributed by atoms with Crippen LogP contribution in [0.3, 0.4) is 0 Å². The summed E-state index contributed by atoms with van der Waals surface area (Å²) in [5, 5.41) is 1.76. The maximum absolute atomic E-state index is 13.4. The van der Waals surface area contributed by atoms with Crippen LogP contribution >= 0.6 is 0 Å². The zero-order chi connectivity index (χ0) is 9.26. The van der Waals surface area contributed by atoms with Crippen LogP contribution in [0.2, 0.25) is 0 Å². The molecule has 66 valence electrons. The molecule has 0 aliphatic carbocycles. The van der Waals surface area contributed by atoms with Crippen molar-refractivity contribution in [1.29, 1.82) is 0 Å². The Morgan fingerprint density at radius 2 is 1.77 bits per heavy atom. The fourth-order valence-corrected chi connectivity index (χ4v) is 1.66. The minimum Gasteiger partial charge on any atom is -0.206 e. The van der Waals surface area contributed by atoms with Gasteiger partial charge in [-0.05, 0) is 23.4 Å². The second-order valence-electron chi connectivity index (χ2n) is 3.11. The largest absolute Gasteiger partial charge is 0.206 e. The first kappa shape index (κ1) is 8.24. The Morgan fingerprint density at radius 3 is 2.46 bits per heavy atom. The molecule has 0 atom stereocenters. The molecule has 0 aliphatic heterocycles. The summed E-state index contributed by atoms with van der Waals surface area (Å²) < 4.78 is 13.4. The Morgan fingerprint density at radius 1 is 1.08 bits per heavy atom. The third-order valence-electron chi connectivity index (χ3n) is 2.32. The smallest absolute Gasteiger partial charge is 0.131 e. The lowest BCUT2D eigenvalue weighted by atomic mass is 10.0. The number of fused-ring (bicyclic) bond motifs is 1. The topological polar surface area (TPSA) is 0 Å². The van der Waals surface area contributed by atoms with Gasteiger partial charge in [0.1, 0.15) is 5.82 Å². The molecule has 2 aromatic rings. The molecule has 0 N–H and O–H groups in total. The SMILES string of the molecule is CCc1cccc2cccc(F)c12. The molecule has 0 unspecified atom stereocenters. The first-order valence-corrected chi connectivity index (χ1v) is 4.49. The summed E-state index contributed by atoms with van der Waals surface area (Å²) in [6, 6.07) is 11.1. The predicted octanol–water partition coefficient (Wildman–Crippen LogP) is 3.54. The van der Waals surface area contributed by atoms with E-state index in [-0.39, 0.29) is 5.82 Å². The highest BCUT2D eigenvalue weighted by Crippen LogP contribution is 2.21. The van der Waals surface area contributed by atoms with Crippen molar-refractivity contribution in [3.63, 3.8) is 0 Å². The molecule has 0 fully saturated rings. The van der Waals surface area contributed by atoms with Crippen LogP contribution in [0, 0.1) is 5.82 Å². The number of hydrogen-bond acceptors (Lipinski definition) is 0. The van der Waals surface area contributed by atoms with Crippen LogP contribution in [0.1, 0.15) is 12.5 Å². The summed E-state index contributed by atoms with van der Waals surface area (Å²) in [6.45, 7) is 2.04. The normalized spacial score (nSPS) is 10.6. The van der Waals surface area contributed by atoms with Crippen molar-refractivity contribution in [3.8, 4) is 0 Å². The van der Waals surface area contributed by atoms with Gasteiger partial charge in [-0.3, -0.25) is 0 Å². The molecule has 0 aliphatic rings. The molecule has 2 rings (SSSR count). The summed E-state index contributed by atoms with van der Waals surface area (Å²) >= 11 is 0. The Bertz CT molecular complexity index is 427. The Kier molecular flexibility index (Phi) is 2.01. The number of rotatable bonds is 1. The molecule has 1 heteroatoms. The molecule has 0 aromatic heterocycles. The average Bonchev–Trinajstić information content (AvgIpc) is 2.17. The summed E-state index contributed by atoms with van der Waals surface area (Å²) in [6.07, 6.45) is 0.873. The van der Waals surface area contributed by atoms with E-state index in [1.807, 2.05) is 31.2 Å². The minimum atomic E-state index is -0.116. The maximum Gasteiger partial charge on any atom is 0.131 e. The Labute approximate surface area is 77.0 Å². The van der Waals surface area contributed by atoms with Crippen molar-refractivity contribution >= 4 is 10.8 Å². The Hall–Kier alpha value is -1.37. The van der Waals surface area contributed by atoms with E-state index in [9.17, 15) is 4.39 Å². The fourth-order valence-electron chi connectivity index (χ4n) is 1.66. The van der Waals surface area contributed by atoms with E-state index in [1.54, 1.807) is 6.07 Å². The standard InChI is InChI=1S/C12H11F/c1-2-9-5-3-6-10-7-4-8-11(13)12(9)10/h3-8H,2H2,1H3. The number of aryl methyl sites for hydroxylation is 1. The van der Waals surface area contributed by atoms with Gasteiger partial charge in [-0.25, -0.2) is 4.39 Å². The summed E-state index contributed by atoms with van der Waals surface area (Å²) in [4.78, 5) is 0. The van der Waals surface area contributed by atoms with Gasteiger partial charge in [-0.15, -0.1) is 0 Å². The van der Waals surface area contributed by atoms with Crippen LogP contribution in [0.15, 0.2) is 36.4 Å². The highest BCUT2D eigenvalue weighted by Gasteiger charge is 2.03. The van der Waals surface area contributed by atoms with Crippen molar-refractivity contribution in [1.82, 2.24) is 0 Å². The number of halogens is 1. The zero-order valence-corrected chi connectivity index (χ0v) is 7.55. The molecular formula is C12H11F. The van der Waals surface area contributed by atoms with E-state index in [2.05, 4.69) is 0 Å². The van der Waals surface area contributed by atoms with Gasteiger partial charge in [0.15, 0.2) is 0 Å². The van der Waals surface area contributed by atoms with Crippen LogP contribution in [-0.2, 0) is 6.42 Å². The van der Waals surface area contributed by atoms with Crippen molar-refractivity contribution < 1.29 is 4.39 Å². The molecule has 0 saturated carbocycles. The lowest BCUT2D eigenvalue weighted by Gasteiger charge is -2.04. The molecule has 0 nitrogen and oxygen atoms in total. The second kappa shape index (κ2) is 3.17. The lowest BCUT2D eigenvalue weighted by molar-refractivity contribution is 0.639. The van der Waals surface area contributed by atoms with E-state index < -0.39 is 0 Å². The van der Waals surface area contributed by atoms with Gasteiger partial charge in [0.2, 0.25) is 0 Å². The highest BCUT2D eigenvalue weighted by molar-refractivity contribution is 5.86. The highest BCUT2D eigenvalue weighted by atomic mass is 19.1. The molecule has 13 heavy (non-hydrogen) atoms. The van der Waals surface area contributed by atoms with Crippen LogP contribution < -0.4 is 0 Å². The van der Waals surface area contributed by atoms with Gasteiger partial charge in [-0.2, -0.15) is 0 Å². The first-order chi connectivity index (χ1) is 6.33. The number of hydrogen-bond donors (Lipinski definition) is 0. The van der Waals surface area contributed by atoms with Gasteiger partial charge in [-0.1, -0.05) is 37.3 Å².